The summed E-state index contributed by atoms with van der Waals surface area (Å²) >= 11 is 0. The summed E-state index contributed by atoms with van der Waals surface area (Å²) in [6.45, 7) is 4.81. The Kier molecular flexibility index (Phi) is 5.33. The highest BCUT2D eigenvalue weighted by Gasteiger charge is 2.24. The highest BCUT2D eigenvalue weighted by atomic mass is 16.1. The van der Waals surface area contributed by atoms with Gasteiger partial charge < -0.3 is 10.2 Å². The van der Waals surface area contributed by atoms with Gasteiger partial charge in [0.15, 0.2) is 0 Å². The molecule has 8 nitrogen and oxygen atoms in total. The number of hydrogen-bond acceptors (Lipinski definition) is 7. The maximum atomic E-state index is 12.1. The number of rotatable bonds is 5. The lowest BCUT2D eigenvalue weighted by Gasteiger charge is -2.31. The Morgan fingerprint density at radius 3 is 2.52 bits per heavy atom. The maximum absolute atomic E-state index is 12.1. The van der Waals surface area contributed by atoms with Crippen LogP contribution in [0.1, 0.15) is 42.9 Å². The van der Waals surface area contributed by atoms with E-state index in [1.165, 1.54) is 12.8 Å². The molecule has 144 valence electrons. The van der Waals surface area contributed by atoms with Crippen LogP contribution in [0, 0.1) is 0 Å². The third-order valence-corrected chi connectivity index (χ3v) is 5.50. The molecule has 0 saturated carbocycles. The third-order valence-electron chi connectivity index (χ3n) is 5.50. The van der Waals surface area contributed by atoms with Crippen molar-refractivity contribution in [2.45, 2.75) is 38.1 Å². The van der Waals surface area contributed by atoms with Crippen molar-refractivity contribution < 1.29 is 0 Å². The molecule has 0 amide bonds. The summed E-state index contributed by atoms with van der Waals surface area (Å²) in [6, 6.07) is 1.68. The number of nitrogens with one attached hydrogen (secondary N) is 2. The highest BCUT2D eigenvalue weighted by molar-refractivity contribution is 5.32. The first-order chi connectivity index (χ1) is 13.2. The zero-order valence-electron chi connectivity index (χ0n) is 15.8. The minimum atomic E-state index is -0.0360. The Balaban J connectivity index is 1.38. The first kappa shape index (κ1) is 17.9. The van der Waals surface area contributed by atoms with Gasteiger partial charge in [-0.15, -0.1) is 0 Å². The SMILES string of the molecule is CNc1ncc(CN2CCC(c3cc(=O)[nH]c(N4CCCC4)n3)CC2)cn1. The van der Waals surface area contributed by atoms with Crippen molar-refractivity contribution in [3.8, 4) is 0 Å². The summed E-state index contributed by atoms with van der Waals surface area (Å²) in [6.07, 6.45) is 8.14. The molecule has 2 aliphatic heterocycles. The van der Waals surface area contributed by atoms with Crippen molar-refractivity contribution in [1.82, 2.24) is 24.8 Å². The predicted octanol–water partition coefficient (Wildman–Crippen LogP) is 1.58. The minimum Gasteiger partial charge on any atom is -0.357 e. The van der Waals surface area contributed by atoms with Crippen LogP contribution in [0.2, 0.25) is 0 Å². The molecule has 2 N–H and O–H groups in total. The van der Waals surface area contributed by atoms with E-state index in [0.29, 0.717) is 11.9 Å². The summed E-state index contributed by atoms with van der Waals surface area (Å²) in [7, 11) is 1.82. The van der Waals surface area contributed by atoms with Crippen LogP contribution in [0.3, 0.4) is 0 Å². The average molecular weight is 369 g/mol. The molecule has 0 atom stereocenters. The second-order valence-electron chi connectivity index (χ2n) is 7.40. The standard InChI is InChI=1S/C19H27N7O/c1-20-18-21-11-14(12-22-18)13-25-8-4-15(5-9-25)16-10-17(27)24-19(23-16)26-6-2-3-7-26/h10-12,15H,2-9,13H2,1H3,(H,20,21,22)(H,23,24,27). The second-order valence-corrected chi connectivity index (χ2v) is 7.40. The van der Waals surface area contributed by atoms with Crippen LogP contribution in [-0.2, 0) is 6.54 Å². The molecule has 0 aliphatic carbocycles. The van der Waals surface area contributed by atoms with Crippen molar-refractivity contribution in [3.63, 3.8) is 0 Å². The molecule has 0 unspecified atom stereocenters. The van der Waals surface area contributed by atoms with Crippen LogP contribution < -0.4 is 15.8 Å². The maximum Gasteiger partial charge on any atom is 0.252 e. The number of piperidine rings is 1. The van der Waals surface area contributed by atoms with E-state index >= 15 is 0 Å². The topological polar surface area (TPSA) is 90.0 Å². The van der Waals surface area contributed by atoms with Gasteiger partial charge in [0.25, 0.3) is 5.56 Å². The van der Waals surface area contributed by atoms with Gasteiger partial charge in [0.05, 0.1) is 5.69 Å². The molecule has 8 heteroatoms. The fraction of sp³-hybridized carbons (Fsp3) is 0.579. The van der Waals surface area contributed by atoms with Crippen LogP contribution in [0.15, 0.2) is 23.3 Å². The van der Waals surface area contributed by atoms with E-state index < -0.39 is 0 Å². The van der Waals surface area contributed by atoms with Crippen molar-refractivity contribution in [1.29, 1.82) is 0 Å². The number of hydrogen-bond donors (Lipinski definition) is 2. The van der Waals surface area contributed by atoms with Crippen molar-refractivity contribution in [2.24, 2.45) is 0 Å². The predicted molar refractivity (Wildman–Crippen MR) is 105 cm³/mol. The van der Waals surface area contributed by atoms with E-state index in [9.17, 15) is 4.79 Å². The van der Waals surface area contributed by atoms with Crippen molar-refractivity contribution in [3.05, 3.63) is 40.1 Å². The molecule has 0 bridgehead atoms. The number of aromatic nitrogens is 4. The number of H-pyrrole nitrogens is 1. The van der Waals surface area contributed by atoms with Crippen molar-refractivity contribution >= 4 is 11.9 Å². The minimum absolute atomic E-state index is 0.0360. The molecular formula is C19H27N7O. The van der Waals surface area contributed by atoms with Gasteiger partial charge in [0, 0.05) is 56.6 Å². The molecule has 0 radical (unpaired) electrons. The molecule has 2 fully saturated rings. The Hall–Kier alpha value is -2.48. The first-order valence-electron chi connectivity index (χ1n) is 9.78. The van der Waals surface area contributed by atoms with E-state index in [2.05, 4.69) is 30.1 Å². The quantitative estimate of drug-likeness (QED) is 0.827. The largest absolute Gasteiger partial charge is 0.357 e. The van der Waals surface area contributed by atoms with E-state index in [0.717, 1.165) is 62.8 Å². The molecule has 2 aromatic rings. The van der Waals surface area contributed by atoms with Crippen LogP contribution in [0.25, 0.3) is 0 Å². The lowest BCUT2D eigenvalue weighted by molar-refractivity contribution is 0.203. The van der Waals surface area contributed by atoms with Gasteiger partial charge in [-0.3, -0.25) is 14.7 Å². The summed E-state index contributed by atoms with van der Waals surface area (Å²) in [5.74, 6) is 1.75. The molecule has 4 rings (SSSR count). The number of anilines is 2. The van der Waals surface area contributed by atoms with E-state index in [4.69, 9.17) is 4.98 Å². The molecule has 2 saturated heterocycles. The summed E-state index contributed by atoms with van der Waals surface area (Å²) in [5.41, 5.74) is 2.03. The Morgan fingerprint density at radius 1 is 1.15 bits per heavy atom. The molecule has 4 heterocycles. The van der Waals surface area contributed by atoms with Gasteiger partial charge in [0.2, 0.25) is 11.9 Å². The molecule has 27 heavy (non-hydrogen) atoms. The Bertz CT molecular complexity index is 806. The van der Waals surface area contributed by atoms with Crippen LogP contribution >= 0.6 is 0 Å². The van der Waals surface area contributed by atoms with Gasteiger partial charge in [0.1, 0.15) is 0 Å². The summed E-state index contributed by atoms with van der Waals surface area (Å²) in [4.78, 5) is 33.0. The molecule has 2 aromatic heterocycles. The fourth-order valence-electron chi connectivity index (χ4n) is 3.96. The number of nitrogens with zero attached hydrogens (tertiary/aromatic N) is 5. The molecule has 2 aliphatic rings. The zero-order valence-corrected chi connectivity index (χ0v) is 15.8. The normalized spacial score (nSPS) is 18.8. The summed E-state index contributed by atoms with van der Waals surface area (Å²) < 4.78 is 0. The van der Waals surface area contributed by atoms with Crippen LogP contribution in [0.5, 0.6) is 0 Å². The molecular weight excluding hydrogens is 342 g/mol. The van der Waals surface area contributed by atoms with Crippen molar-refractivity contribution in [2.75, 3.05) is 43.4 Å². The van der Waals surface area contributed by atoms with Gasteiger partial charge in [-0.05, 0) is 38.8 Å². The van der Waals surface area contributed by atoms with Crippen LogP contribution in [-0.4, -0.2) is 58.1 Å². The van der Waals surface area contributed by atoms with E-state index in [-0.39, 0.29) is 5.56 Å². The third kappa shape index (κ3) is 4.27. The van der Waals surface area contributed by atoms with Gasteiger partial charge in [-0.1, -0.05) is 0 Å². The van der Waals surface area contributed by atoms with Gasteiger partial charge in [-0.25, -0.2) is 15.0 Å². The van der Waals surface area contributed by atoms with E-state index in [1.54, 1.807) is 6.07 Å². The average Bonchev–Trinajstić information content (AvgIpc) is 3.24. The number of aromatic amines is 1. The van der Waals surface area contributed by atoms with Crippen LogP contribution in [0.4, 0.5) is 11.9 Å². The lowest BCUT2D eigenvalue weighted by atomic mass is 9.93. The van der Waals surface area contributed by atoms with Gasteiger partial charge >= 0.3 is 0 Å². The molecule has 0 aromatic carbocycles. The summed E-state index contributed by atoms with van der Waals surface area (Å²) in [5, 5.41) is 2.94. The van der Waals surface area contributed by atoms with Gasteiger partial charge in [-0.2, -0.15) is 0 Å². The lowest BCUT2D eigenvalue weighted by Crippen LogP contribution is -2.33. The number of likely N-dealkylation sites (tertiary alicyclic amines) is 1. The smallest absolute Gasteiger partial charge is 0.252 e. The molecule has 0 spiro atoms. The monoisotopic (exact) mass is 369 g/mol. The Labute approximate surface area is 159 Å². The fourth-order valence-corrected chi connectivity index (χ4v) is 3.96. The zero-order chi connectivity index (χ0) is 18.6. The highest BCUT2D eigenvalue weighted by Crippen LogP contribution is 2.28. The van der Waals surface area contributed by atoms with E-state index in [1.807, 2.05) is 19.4 Å². The first-order valence-corrected chi connectivity index (χ1v) is 9.78. The second kappa shape index (κ2) is 8.04. The Morgan fingerprint density at radius 2 is 1.85 bits per heavy atom.